The summed E-state index contributed by atoms with van der Waals surface area (Å²) in [7, 11) is 0. The predicted octanol–water partition coefficient (Wildman–Crippen LogP) is 5.83. The minimum atomic E-state index is -0.233. The maximum atomic E-state index is 12.1. The molecular weight excluding hydrogens is 414 g/mol. The smallest absolute Gasteiger partial charge is 0.319 e. The molecule has 0 spiro atoms. The minimum absolute atomic E-state index is 0.233. The molecule has 1 aromatic heterocycles. The number of hydrogen-bond acceptors (Lipinski definition) is 1. The normalized spacial score (nSPS) is 10.6. The summed E-state index contributed by atoms with van der Waals surface area (Å²) < 4.78 is 3.12. The van der Waals surface area contributed by atoms with Gasteiger partial charge in [-0.3, -0.25) is 0 Å². The third-order valence-corrected chi connectivity index (χ3v) is 4.94. The van der Waals surface area contributed by atoms with Crippen molar-refractivity contribution >= 4 is 39.2 Å². The van der Waals surface area contributed by atoms with Crippen molar-refractivity contribution in [3.63, 3.8) is 0 Å². The first-order valence-corrected chi connectivity index (χ1v) is 9.35. The lowest BCUT2D eigenvalue weighted by Gasteiger charge is -2.11. The summed E-state index contributed by atoms with van der Waals surface area (Å²) >= 11 is 9.35. The molecule has 0 atom stereocenters. The quantitative estimate of drug-likeness (QED) is 0.535. The van der Waals surface area contributed by atoms with Crippen molar-refractivity contribution in [2.24, 2.45) is 0 Å². The van der Waals surface area contributed by atoms with Crippen LogP contribution in [0.25, 0.3) is 5.69 Å². The molecule has 1 heterocycles. The van der Waals surface area contributed by atoms with Gasteiger partial charge in [0.05, 0.1) is 0 Å². The van der Waals surface area contributed by atoms with E-state index in [2.05, 4.69) is 37.2 Å². The fraction of sp³-hybridized carbons (Fsp3) is 0.150. The highest BCUT2D eigenvalue weighted by molar-refractivity contribution is 9.10. The van der Waals surface area contributed by atoms with E-state index in [0.717, 1.165) is 32.8 Å². The summed E-state index contributed by atoms with van der Waals surface area (Å²) in [5.74, 6) is 0. The highest BCUT2D eigenvalue weighted by Gasteiger charge is 2.11. The molecule has 4 nitrogen and oxygen atoms in total. The van der Waals surface area contributed by atoms with Gasteiger partial charge in [0.25, 0.3) is 0 Å². The Kier molecular flexibility index (Phi) is 5.69. The van der Waals surface area contributed by atoms with Crippen LogP contribution in [-0.4, -0.2) is 10.6 Å². The lowest BCUT2D eigenvalue weighted by molar-refractivity contribution is 0.251. The van der Waals surface area contributed by atoms with Crippen molar-refractivity contribution in [2.45, 2.75) is 20.4 Å². The minimum Gasteiger partial charge on any atom is -0.334 e. The summed E-state index contributed by atoms with van der Waals surface area (Å²) in [4.78, 5) is 12.1. The van der Waals surface area contributed by atoms with E-state index in [9.17, 15) is 4.79 Å². The number of anilines is 1. The second kappa shape index (κ2) is 7.98. The standard InChI is InChI=1S/C20H19BrClN3O/c1-13-11-15(14(2)25(13)19-9-5-17(22)6-10-19)12-23-20(26)24-18-7-3-16(21)4-8-18/h3-11H,12H2,1-2H3,(H2,23,24,26). The van der Waals surface area contributed by atoms with Crippen molar-refractivity contribution in [3.8, 4) is 5.69 Å². The van der Waals surface area contributed by atoms with E-state index in [1.54, 1.807) is 0 Å². The Morgan fingerprint density at radius 2 is 1.73 bits per heavy atom. The number of carbonyl (C=O) groups is 1. The van der Waals surface area contributed by atoms with Gasteiger partial charge in [-0.2, -0.15) is 0 Å². The van der Waals surface area contributed by atoms with Crippen LogP contribution in [0.4, 0.5) is 10.5 Å². The Bertz CT molecular complexity index is 917. The number of hydrogen-bond donors (Lipinski definition) is 2. The summed E-state index contributed by atoms with van der Waals surface area (Å²) in [5.41, 5.74) is 5.07. The van der Waals surface area contributed by atoms with Gasteiger partial charge >= 0.3 is 6.03 Å². The SMILES string of the molecule is Cc1cc(CNC(=O)Nc2ccc(Br)cc2)c(C)n1-c1ccc(Cl)cc1. The molecule has 134 valence electrons. The number of benzene rings is 2. The van der Waals surface area contributed by atoms with Gasteiger partial charge in [0.15, 0.2) is 0 Å². The molecule has 0 aliphatic rings. The molecule has 0 saturated heterocycles. The summed E-state index contributed by atoms with van der Waals surface area (Å²) in [6.45, 7) is 4.55. The van der Waals surface area contributed by atoms with E-state index in [-0.39, 0.29) is 6.03 Å². The van der Waals surface area contributed by atoms with Crippen molar-refractivity contribution in [2.75, 3.05) is 5.32 Å². The van der Waals surface area contributed by atoms with Crippen molar-refractivity contribution in [1.82, 2.24) is 9.88 Å². The molecule has 0 radical (unpaired) electrons. The lowest BCUT2D eigenvalue weighted by atomic mass is 10.2. The van der Waals surface area contributed by atoms with Crippen LogP contribution >= 0.6 is 27.5 Å². The van der Waals surface area contributed by atoms with Crippen LogP contribution in [0.3, 0.4) is 0 Å². The first-order chi connectivity index (χ1) is 12.4. The summed E-state index contributed by atoms with van der Waals surface area (Å²) in [6, 6.07) is 17.0. The lowest BCUT2D eigenvalue weighted by Crippen LogP contribution is -2.28. The van der Waals surface area contributed by atoms with Crippen LogP contribution in [-0.2, 0) is 6.54 Å². The molecule has 0 saturated carbocycles. The number of carbonyl (C=O) groups excluding carboxylic acids is 1. The molecule has 0 unspecified atom stereocenters. The van der Waals surface area contributed by atoms with Gasteiger partial charge < -0.3 is 15.2 Å². The Labute approximate surface area is 166 Å². The third-order valence-electron chi connectivity index (χ3n) is 4.16. The van der Waals surface area contributed by atoms with Crippen LogP contribution in [0.15, 0.2) is 59.1 Å². The largest absolute Gasteiger partial charge is 0.334 e. The summed E-state index contributed by atoms with van der Waals surface area (Å²) in [5, 5.41) is 6.44. The van der Waals surface area contributed by atoms with E-state index < -0.39 is 0 Å². The Morgan fingerprint density at radius 1 is 1.08 bits per heavy atom. The fourth-order valence-electron chi connectivity index (χ4n) is 2.88. The second-order valence-corrected chi connectivity index (χ2v) is 7.37. The molecule has 0 aliphatic heterocycles. The predicted molar refractivity (Wildman–Crippen MR) is 110 cm³/mol. The first kappa shape index (κ1) is 18.5. The average Bonchev–Trinajstić information content (AvgIpc) is 2.90. The molecule has 0 fully saturated rings. The molecule has 6 heteroatoms. The maximum absolute atomic E-state index is 12.1. The van der Waals surface area contributed by atoms with Crippen LogP contribution in [0, 0.1) is 13.8 Å². The molecule has 2 amide bonds. The van der Waals surface area contributed by atoms with E-state index in [4.69, 9.17) is 11.6 Å². The van der Waals surface area contributed by atoms with Gasteiger partial charge in [-0.15, -0.1) is 0 Å². The maximum Gasteiger partial charge on any atom is 0.319 e. The molecule has 3 rings (SSSR count). The molecule has 26 heavy (non-hydrogen) atoms. The molecular formula is C20H19BrClN3O. The van der Waals surface area contributed by atoms with Gasteiger partial charge in [-0.05, 0) is 74.0 Å². The van der Waals surface area contributed by atoms with Crippen molar-refractivity contribution in [1.29, 1.82) is 0 Å². The highest BCUT2D eigenvalue weighted by atomic mass is 79.9. The second-order valence-electron chi connectivity index (χ2n) is 6.02. The van der Waals surface area contributed by atoms with Crippen molar-refractivity contribution in [3.05, 3.63) is 81.0 Å². The number of nitrogens with one attached hydrogen (secondary N) is 2. The number of nitrogens with zero attached hydrogens (tertiary/aromatic N) is 1. The van der Waals surface area contributed by atoms with Gasteiger partial charge in [-0.1, -0.05) is 27.5 Å². The van der Waals surface area contributed by atoms with E-state index >= 15 is 0 Å². The Balaban J connectivity index is 1.68. The van der Waals surface area contributed by atoms with Gasteiger partial charge in [0.2, 0.25) is 0 Å². The number of amides is 2. The molecule has 2 N–H and O–H groups in total. The molecule has 0 bridgehead atoms. The van der Waals surface area contributed by atoms with Gasteiger partial charge in [0.1, 0.15) is 0 Å². The highest BCUT2D eigenvalue weighted by Crippen LogP contribution is 2.22. The molecule has 2 aromatic carbocycles. The number of rotatable bonds is 4. The van der Waals surface area contributed by atoms with E-state index in [1.165, 1.54) is 0 Å². The van der Waals surface area contributed by atoms with E-state index in [1.807, 2.05) is 62.4 Å². The number of aryl methyl sites for hydroxylation is 1. The first-order valence-electron chi connectivity index (χ1n) is 8.18. The van der Waals surface area contributed by atoms with Crippen LogP contribution < -0.4 is 10.6 Å². The van der Waals surface area contributed by atoms with Crippen LogP contribution in [0.5, 0.6) is 0 Å². The number of halogens is 2. The van der Waals surface area contributed by atoms with Crippen molar-refractivity contribution < 1.29 is 4.79 Å². The number of urea groups is 1. The monoisotopic (exact) mass is 431 g/mol. The fourth-order valence-corrected chi connectivity index (χ4v) is 3.27. The van der Waals surface area contributed by atoms with Gasteiger partial charge in [0, 0.05) is 38.8 Å². The Morgan fingerprint density at radius 3 is 2.38 bits per heavy atom. The topological polar surface area (TPSA) is 46.1 Å². The molecule has 3 aromatic rings. The van der Waals surface area contributed by atoms with Crippen LogP contribution in [0.2, 0.25) is 5.02 Å². The zero-order valence-electron chi connectivity index (χ0n) is 14.5. The zero-order valence-corrected chi connectivity index (χ0v) is 16.9. The van der Waals surface area contributed by atoms with Crippen LogP contribution in [0.1, 0.15) is 17.0 Å². The average molecular weight is 433 g/mol. The number of aromatic nitrogens is 1. The third kappa shape index (κ3) is 4.29. The summed E-state index contributed by atoms with van der Waals surface area (Å²) in [6.07, 6.45) is 0. The zero-order chi connectivity index (χ0) is 18.7. The Hall–Kier alpha value is -2.24. The van der Waals surface area contributed by atoms with Gasteiger partial charge in [-0.25, -0.2) is 4.79 Å². The molecule has 0 aliphatic carbocycles. The van der Waals surface area contributed by atoms with E-state index in [0.29, 0.717) is 11.6 Å².